The van der Waals surface area contributed by atoms with Crippen molar-refractivity contribution in [3.05, 3.63) is 70.7 Å². The number of halogens is 5. The van der Waals surface area contributed by atoms with Gasteiger partial charge in [-0.1, -0.05) is 6.07 Å². The van der Waals surface area contributed by atoms with Gasteiger partial charge in [-0.3, -0.25) is 0 Å². The maximum atomic E-state index is 14.6. The van der Waals surface area contributed by atoms with Gasteiger partial charge >= 0.3 is 12.1 Å². The van der Waals surface area contributed by atoms with E-state index in [1.54, 1.807) is 6.20 Å². The Hall–Kier alpha value is -3.47. The van der Waals surface area contributed by atoms with E-state index in [1.165, 1.54) is 18.2 Å². The fraction of sp³-hybridized carbons (Fsp3) is 0.429. The van der Waals surface area contributed by atoms with Gasteiger partial charge in [-0.25, -0.2) is 18.6 Å². The minimum Gasteiger partial charge on any atom is -0.478 e. The van der Waals surface area contributed by atoms with E-state index in [-0.39, 0.29) is 36.2 Å². The van der Waals surface area contributed by atoms with Crippen molar-refractivity contribution in [1.29, 1.82) is 0 Å². The van der Waals surface area contributed by atoms with Crippen LogP contribution < -0.4 is 4.90 Å². The van der Waals surface area contributed by atoms with Gasteiger partial charge in [0.05, 0.1) is 29.4 Å². The fourth-order valence-corrected chi connectivity index (χ4v) is 6.17. The smallest absolute Gasteiger partial charge is 0.417 e. The van der Waals surface area contributed by atoms with Crippen LogP contribution in [0.25, 0.3) is 11.1 Å². The molecule has 2 aromatic heterocycles. The van der Waals surface area contributed by atoms with E-state index in [0.29, 0.717) is 24.3 Å². The highest BCUT2D eigenvalue weighted by Crippen LogP contribution is 2.46. The first kappa shape index (κ1) is 25.8. The monoisotopic (exact) mass is 547 g/mol. The van der Waals surface area contributed by atoms with Crippen LogP contribution in [0.2, 0.25) is 0 Å². The predicted molar refractivity (Wildman–Crippen MR) is 131 cm³/mol. The van der Waals surface area contributed by atoms with Crippen molar-refractivity contribution in [1.82, 2.24) is 9.97 Å². The van der Waals surface area contributed by atoms with E-state index < -0.39 is 34.9 Å². The summed E-state index contributed by atoms with van der Waals surface area (Å²) in [5, 5.41) is 9.18. The van der Waals surface area contributed by atoms with Crippen LogP contribution in [0.4, 0.5) is 27.8 Å². The number of pyridine rings is 1. The average molecular weight is 548 g/mol. The number of nitrogens with zero attached hydrogens (tertiary/aromatic N) is 2. The highest BCUT2D eigenvalue weighted by molar-refractivity contribution is 5.89. The quantitative estimate of drug-likeness (QED) is 0.323. The minimum absolute atomic E-state index is 0.0921. The Morgan fingerprint density at radius 2 is 1.77 bits per heavy atom. The first-order valence-electron chi connectivity index (χ1n) is 13.0. The van der Waals surface area contributed by atoms with E-state index in [1.807, 2.05) is 4.90 Å². The zero-order valence-electron chi connectivity index (χ0n) is 20.8. The van der Waals surface area contributed by atoms with Gasteiger partial charge in [0.1, 0.15) is 17.5 Å². The molecular formula is C28H26F5N3O3. The van der Waals surface area contributed by atoms with Crippen molar-refractivity contribution < 1.29 is 36.6 Å². The van der Waals surface area contributed by atoms with E-state index in [4.69, 9.17) is 4.74 Å². The molecule has 1 aromatic carbocycles. The molecule has 1 aliphatic carbocycles. The van der Waals surface area contributed by atoms with Gasteiger partial charge in [0.2, 0.25) is 0 Å². The molecule has 3 fully saturated rings. The molecule has 39 heavy (non-hydrogen) atoms. The minimum atomic E-state index is -4.82. The Labute approximate surface area is 220 Å². The molecule has 2 N–H and O–H groups in total. The number of H-pyrrole nitrogens is 1. The Kier molecular flexibility index (Phi) is 6.36. The number of aromatic nitrogens is 2. The van der Waals surface area contributed by atoms with Crippen LogP contribution in [0.15, 0.2) is 36.7 Å². The molecule has 0 radical (unpaired) electrons. The Balaban J connectivity index is 1.21. The number of hydrogen-bond donors (Lipinski definition) is 2. The zero-order valence-corrected chi connectivity index (χ0v) is 20.8. The van der Waals surface area contributed by atoms with Crippen LogP contribution in [0, 0.1) is 11.6 Å². The fourth-order valence-electron chi connectivity index (χ4n) is 6.17. The van der Waals surface area contributed by atoms with Gasteiger partial charge in [0.25, 0.3) is 0 Å². The molecule has 0 spiro atoms. The van der Waals surface area contributed by atoms with Crippen LogP contribution >= 0.6 is 0 Å². The molecular weight excluding hydrogens is 521 g/mol. The molecule has 2 aliphatic heterocycles. The average Bonchev–Trinajstić information content (AvgIpc) is 3.59. The molecule has 1 saturated carbocycles. The lowest BCUT2D eigenvalue weighted by molar-refractivity contribution is -0.138. The summed E-state index contributed by atoms with van der Waals surface area (Å²) in [6.07, 6.45) is 1.96. The summed E-state index contributed by atoms with van der Waals surface area (Å²) in [6, 6.07) is 4.37. The number of anilines is 1. The molecule has 6 rings (SSSR count). The molecule has 2 atom stereocenters. The normalized spacial score (nSPS) is 22.9. The third-order valence-electron chi connectivity index (χ3n) is 8.08. The van der Waals surface area contributed by atoms with Crippen LogP contribution in [0.1, 0.15) is 71.6 Å². The molecule has 2 bridgehead atoms. The predicted octanol–water partition coefficient (Wildman–Crippen LogP) is 6.67. The Morgan fingerprint density at radius 3 is 2.36 bits per heavy atom. The summed E-state index contributed by atoms with van der Waals surface area (Å²) in [5.74, 6) is -2.57. The number of ether oxygens (including phenoxy) is 1. The van der Waals surface area contributed by atoms with Crippen LogP contribution in [0.5, 0.6) is 0 Å². The summed E-state index contributed by atoms with van der Waals surface area (Å²) in [5.41, 5.74) is -0.0871. The summed E-state index contributed by atoms with van der Waals surface area (Å²) < 4.78 is 76.3. The molecule has 6 nitrogen and oxygen atoms in total. The largest absolute Gasteiger partial charge is 0.478 e. The lowest BCUT2D eigenvalue weighted by atomic mass is 9.98. The van der Waals surface area contributed by atoms with Crippen molar-refractivity contribution in [2.75, 3.05) is 4.90 Å². The zero-order chi connectivity index (χ0) is 27.5. The second-order valence-corrected chi connectivity index (χ2v) is 10.6. The molecule has 206 valence electrons. The first-order valence-corrected chi connectivity index (χ1v) is 13.0. The Morgan fingerprint density at radius 1 is 1.10 bits per heavy atom. The maximum absolute atomic E-state index is 14.6. The van der Waals surface area contributed by atoms with Crippen molar-refractivity contribution in [3.63, 3.8) is 0 Å². The SMILES string of the molecule is O=C(O)c1cnc(N2C3CCC2CC(OCc2c(-c4c(F)cccc4F)c[nH]c2C2CC2)C3)cc1C(F)(F)F. The Bertz CT molecular complexity index is 1380. The van der Waals surface area contributed by atoms with Gasteiger partial charge in [-0.2, -0.15) is 13.2 Å². The van der Waals surface area contributed by atoms with Gasteiger partial charge < -0.3 is 19.7 Å². The second kappa shape index (κ2) is 9.62. The number of alkyl halides is 3. The van der Waals surface area contributed by atoms with E-state index >= 15 is 0 Å². The first-order chi connectivity index (χ1) is 18.6. The number of carboxylic acid groups (broad SMARTS) is 1. The maximum Gasteiger partial charge on any atom is 0.417 e. The topological polar surface area (TPSA) is 78.4 Å². The number of carbonyl (C=O) groups is 1. The van der Waals surface area contributed by atoms with Crippen molar-refractivity contribution in [2.24, 2.45) is 0 Å². The number of nitrogens with one attached hydrogen (secondary N) is 1. The number of piperidine rings is 1. The third kappa shape index (κ3) is 4.77. The van der Waals surface area contributed by atoms with E-state index in [9.17, 15) is 31.9 Å². The van der Waals surface area contributed by atoms with Crippen LogP contribution in [-0.4, -0.2) is 39.2 Å². The number of benzene rings is 1. The second-order valence-electron chi connectivity index (χ2n) is 10.6. The lowest BCUT2D eigenvalue weighted by Gasteiger charge is -2.40. The summed E-state index contributed by atoms with van der Waals surface area (Å²) in [7, 11) is 0. The molecule has 4 heterocycles. The number of fused-ring (bicyclic) bond motifs is 2. The molecule has 0 amide bonds. The van der Waals surface area contributed by atoms with Crippen molar-refractivity contribution >= 4 is 11.8 Å². The summed E-state index contributed by atoms with van der Waals surface area (Å²) in [6.45, 7) is 0.159. The van der Waals surface area contributed by atoms with Gasteiger partial charge in [-0.15, -0.1) is 0 Å². The van der Waals surface area contributed by atoms with Crippen LogP contribution in [0.3, 0.4) is 0 Å². The summed E-state index contributed by atoms with van der Waals surface area (Å²) >= 11 is 0. The van der Waals surface area contributed by atoms with Gasteiger partial charge in [0.15, 0.2) is 0 Å². The number of hydrogen-bond acceptors (Lipinski definition) is 4. The van der Waals surface area contributed by atoms with Gasteiger partial charge in [0, 0.05) is 41.3 Å². The molecule has 11 heteroatoms. The van der Waals surface area contributed by atoms with Gasteiger partial charge in [-0.05, 0) is 62.6 Å². The number of rotatable bonds is 7. The van der Waals surface area contributed by atoms with E-state index in [0.717, 1.165) is 49.2 Å². The number of carboxylic acids is 1. The number of aromatic amines is 1. The van der Waals surface area contributed by atoms with Crippen molar-refractivity contribution in [3.8, 4) is 11.1 Å². The van der Waals surface area contributed by atoms with E-state index in [2.05, 4.69) is 9.97 Å². The molecule has 3 aromatic rings. The molecule has 2 saturated heterocycles. The third-order valence-corrected chi connectivity index (χ3v) is 8.08. The lowest BCUT2D eigenvalue weighted by Crippen LogP contribution is -2.46. The molecule has 2 unspecified atom stereocenters. The molecule has 3 aliphatic rings. The number of aromatic carboxylic acids is 1. The standard InChI is InChI=1S/C28H26F5N3O3/c29-22-2-1-3-23(30)25(22)18-11-35-26(14-4-5-14)20(18)13-39-17-8-15-6-7-16(9-17)36(15)24-10-21(28(31,32)33)19(12-34-24)27(37)38/h1-3,10-12,14-17,35H,4-9,13H2,(H,37,38). The highest BCUT2D eigenvalue weighted by atomic mass is 19.4. The summed E-state index contributed by atoms with van der Waals surface area (Å²) in [4.78, 5) is 20.5. The van der Waals surface area contributed by atoms with Crippen LogP contribution in [-0.2, 0) is 17.5 Å². The highest BCUT2D eigenvalue weighted by Gasteiger charge is 2.44. The van der Waals surface area contributed by atoms with Crippen molar-refractivity contribution in [2.45, 2.75) is 75.4 Å².